The fourth-order valence-electron chi connectivity index (χ4n) is 2.65. The van der Waals surface area contributed by atoms with Crippen LogP contribution in [0.15, 0.2) is 52.7 Å². The van der Waals surface area contributed by atoms with Gasteiger partial charge in [-0.3, -0.25) is 4.79 Å². The maximum Gasteiger partial charge on any atom is 0.251 e. The van der Waals surface area contributed by atoms with Crippen LogP contribution < -0.4 is 10.2 Å². The summed E-state index contributed by atoms with van der Waals surface area (Å²) in [6, 6.07) is 9.44. The van der Waals surface area contributed by atoms with Crippen LogP contribution in [-0.4, -0.2) is 24.0 Å². The van der Waals surface area contributed by atoms with Crippen LogP contribution in [-0.2, 0) is 4.79 Å². The van der Waals surface area contributed by atoms with Gasteiger partial charge in [0.2, 0.25) is 0 Å². The average Bonchev–Trinajstić information content (AvgIpc) is 2.58. The molecule has 0 saturated heterocycles. The molecule has 4 nitrogen and oxygen atoms in total. The zero-order chi connectivity index (χ0) is 17.1. The zero-order valence-corrected chi connectivity index (χ0v) is 15.6. The largest absolute Gasteiger partial charge is 0.351 e. The maximum atomic E-state index is 12.5. The Bertz CT molecular complexity index is 807. The molecule has 1 amide bonds. The molecule has 2 heterocycles. The Hall–Kier alpha value is -1.85. The van der Waals surface area contributed by atoms with Crippen LogP contribution in [0, 0.1) is 6.92 Å². The minimum absolute atomic E-state index is 0.0489. The molecule has 0 fully saturated rings. The van der Waals surface area contributed by atoms with Crippen LogP contribution in [0.2, 0.25) is 5.02 Å². The van der Waals surface area contributed by atoms with E-state index in [0.29, 0.717) is 18.0 Å². The fourth-order valence-corrected chi connectivity index (χ4v) is 3.36. The monoisotopic (exact) mass is 405 g/mol. The van der Waals surface area contributed by atoms with Gasteiger partial charge in [-0.2, -0.15) is 0 Å². The molecule has 1 aromatic heterocycles. The lowest BCUT2D eigenvalue weighted by Gasteiger charge is -2.27. The minimum Gasteiger partial charge on any atom is -0.351 e. The normalized spacial score (nSPS) is 14.3. The molecule has 0 unspecified atom stereocenters. The predicted octanol–water partition coefficient (Wildman–Crippen LogP) is 4.58. The fraction of sp³-hybridized carbons (Fsp3) is 0.222. The lowest BCUT2D eigenvalue weighted by Crippen LogP contribution is -2.32. The molecule has 1 aromatic carbocycles. The molecule has 24 heavy (non-hydrogen) atoms. The van der Waals surface area contributed by atoms with Gasteiger partial charge in [-0.1, -0.05) is 33.6 Å². The van der Waals surface area contributed by atoms with Gasteiger partial charge in [0, 0.05) is 35.0 Å². The lowest BCUT2D eigenvalue weighted by molar-refractivity contribution is -0.113. The minimum atomic E-state index is -0.0489. The Morgan fingerprint density at radius 3 is 2.88 bits per heavy atom. The molecule has 0 spiro atoms. The van der Waals surface area contributed by atoms with E-state index in [1.807, 2.05) is 43.3 Å². The van der Waals surface area contributed by atoms with E-state index in [1.54, 1.807) is 6.20 Å². The van der Waals surface area contributed by atoms with Crippen molar-refractivity contribution in [1.82, 2.24) is 4.98 Å². The number of halogens is 2. The van der Waals surface area contributed by atoms with E-state index in [0.717, 1.165) is 33.7 Å². The van der Waals surface area contributed by atoms with Gasteiger partial charge >= 0.3 is 0 Å². The summed E-state index contributed by atoms with van der Waals surface area (Å²) in [4.78, 5) is 18.9. The first-order valence-corrected chi connectivity index (χ1v) is 8.83. The number of rotatable bonds is 3. The van der Waals surface area contributed by atoms with E-state index in [-0.39, 0.29) is 5.91 Å². The Morgan fingerprint density at radius 1 is 1.38 bits per heavy atom. The van der Waals surface area contributed by atoms with E-state index >= 15 is 0 Å². The summed E-state index contributed by atoms with van der Waals surface area (Å²) >= 11 is 9.61. The summed E-state index contributed by atoms with van der Waals surface area (Å²) in [5, 5.41) is 3.61. The van der Waals surface area contributed by atoms with Crippen LogP contribution in [0.1, 0.15) is 12.0 Å². The third-order valence-corrected chi connectivity index (χ3v) is 4.76. The smallest absolute Gasteiger partial charge is 0.251 e. The number of nitrogens with one attached hydrogen (secondary N) is 1. The number of aryl methyl sites for hydroxylation is 1. The highest BCUT2D eigenvalue weighted by Crippen LogP contribution is 2.26. The number of carbonyl (C=O) groups is 1. The number of benzene rings is 1. The third kappa shape index (κ3) is 3.79. The van der Waals surface area contributed by atoms with Crippen LogP contribution >= 0.6 is 27.5 Å². The van der Waals surface area contributed by atoms with Crippen molar-refractivity contribution >= 4 is 44.9 Å². The average molecular weight is 407 g/mol. The number of nitrogens with zero attached hydrogens (tertiary/aromatic N) is 2. The number of pyridine rings is 1. The second kappa shape index (κ2) is 7.36. The van der Waals surface area contributed by atoms with Crippen LogP contribution in [0.4, 0.5) is 11.5 Å². The van der Waals surface area contributed by atoms with E-state index in [2.05, 4.69) is 31.1 Å². The SMILES string of the molecule is Cc1cc(Br)ccc1NC(=O)C1=CCN(c2ncccc2Cl)CC1. The Labute approximate surface area is 154 Å². The summed E-state index contributed by atoms with van der Waals surface area (Å²) < 4.78 is 0.998. The van der Waals surface area contributed by atoms with Gasteiger partial charge in [0.05, 0.1) is 5.02 Å². The highest BCUT2D eigenvalue weighted by Gasteiger charge is 2.19. The van der Waals surface area contributed by atoms with Crippen molar-refractivity contribution in [3.8, 4) is 0 Å². The first-order valence-electron chi connectivity index (χ1n) is 7.66. The molecular formula is C18H17BrClN3O. The van der Waals surface area contributed by atoms with Crippen molar-refractivity contribution in [3.05, 3.63) is 63.2 Å². The van der Waals surface area contributed by atoms with E-state index < -0.39 is 0 Å². The third-order valence-electron chi connectivity index (χ3n) is 3.98. The number of amides is 1. The Morgan fingerprint density at radius 2 is 2.21 bits per heavy atom. The number of hydrogen-bond donors (Lipinski definition) is 1. The van der Waals surface area contributed by atoms with Gasteiger partial charge in [0.25, 0.3) is 5.91 Å². The lowest BCUT2D eigenvalue weighted by atomic mass is 10.1. The Balaban J connectivity index is 1.68. The number of hydrogen-bond acceptors (Lipinski definition) is 3. The molecule has 6 heteroatoms. The van der Waals surface area contributed by atoms with Crippen molar-refractivity contribution in [2.75, 3.05) is 23.3 Å². The number of aromatic nitrogens is 1. The molecule has 1 aliphatic heterocycles. The predicted molar refractivity (Wildman–Crippen MR) is 102 cm³/mol. The van der Waals surface area contributed by atoms with Crippen molar-refractivity contribution in [3.63, 3.8) is 0 Å². The van der Waals surface area contributed by atoms with Gasteiger partial charge in [0.1, 0.15) is 5.82 Å². The highest BCUT2D eigenvalue weighted by atomic mass is 79.9. The number of anilines is 2. The Kier molecular flexibility index (Phi) is 5.21. The zero-order valence-electron chi connectivity index (χ0n) is 13.2. The highest BCUT2D eigenvalue weighted by molar-refractivity contribution is 9.10. The summed E-state index contributed by atoms with van der Waals surface area (Å²) in [7, 11) is 0. The van der Waals surface area contributed by atoms with E-state index in [4.69, 9.17) is 11.6 Å². The maximum absolute atomic E-state index is 12.5. The molecule has 0 saturated carbocycles. The molecule has 124 valence electrons. The molecule has 0 radical (unpaired) electrons. The molecule has 1 N–H and O–H groups in total. The first kappa shape index (κ1) is 17.0. The molecular weight excluding hydrogens is 390 g/mol. The molecule has 0 atom stereocenters. The van der Waals surface area contributed by atoms with Crippen molar-refractivity contribution < 1.29 is 4.79 Å². The van der Waals surface area contributed by atoms with E-state index in [9.17, 15) is 4.79 Å². The van der Waals surface area contributed by atoms with Gasteiger partial charge < -0.3 is 10.2 Å². The number of carbonyl (C=O) groups excluding carboxylic acids is 1. The van der Waals surface area contributed by atoms with Gasteiger partial charge in [0.15, 0.2) is 0 Å². The van der Waals surface area contributed by atoms with Crippen LogP contribution in [0.25, 0.3) is 0 Å². The quantitative estimate of drug-likeness (QED) is 0.811. The van der Waals surface area contributed by atoms with Gasteiger partial charge in [-0.25, -0.2) is 4.98 Å². The van der Waals surface area contributed by atoms with Crippen LogP contribution in [0.5, 0.6) is 0 Å². The second-order valence-corrected chi connectivity index (χ2v) is 6.97. The van der Waals surface area contributed by atoms with Crippen LogP contribution in [0.3, 0.4) is 0 Å². The van der Waals surface area contributed by atoms with E-state index in [1.165, 1.54) is 0 Å². The summed E-state index contributed by atoms with van der Waals surface area (Å²) in [5.74, 6) is 0.714. The summed E-state index contributed by atoms with van der Waals surface area (Å²) in [6.45, 7) is 3.31. The summed E-state index contributed by atoms with van der Waals surface area (Å²) in [5.41, 5.74) is 2.65. The van der Waals surface area contributed by atoms with Crippen molar-refractivity contribution in [1.29, 1.82) is 0 Å². The molecule has 2 aromatic rings. The second-order valence-electron chi connectivity index (χ2n) is 5.65. The molecule has 1 aliphatic rings. The first-order chi connectivity index (χ1) is 11.5. The van der Waals surface area contributed by atoms with Crippen molar-refractivity contribution in [2.24, 2.45) is 0 Å². The standard InChI is InChI=1S/C18H17BrClN3O/c1-12-11-14(19)4-5-16(12)22-18(24)13-6-9-23(10-7-13)17-15(20)3-2-8-21-17/h2-6,8,11H,7,9-10H2,1H3,(H,22,24). The van der Waals surface area contributed by atoms with Gasteiger partial charge in [-0.15, -0.1) is 0 Å². The topological polar surface area (TPSA) is 45.2 Å². The molecule has 0 bridgehead atoms. The summed E-state index contributed by atoms with van der Waals surface area (Å²) in [6.07, 6.45) is 4.33. The van der Waals surface area contributed by atoms with Gasteiger partial charge in [-0.05, 0) is 49.2 Å². The van der Waals surface area contributed by atoms with Crippen molar-refractivity contribution in [2.45, 2.75) is 13.3 Å². The molecule has 0 aliphatic carbocycles. The molecule has 3 rings (SSSR count).